The molecule has 1 atom stereocenters. The van der Waals surface area contributed by atoms with Gasteiger partial charge in [-0.3, -0.25) is 0 Å². The molecule has 0 bridgehead atoms. The molecule has 1 aliphatic rings. The molecule has 0 aromatic carbocycles. The van der Waals surface area contributed by atoms with Gasteiger partial charge in [-0.1, -0.05) is 13.8 Å². The maximum absolute atomic E-state index is 5.36. The van der Waals surface area contributed by atoms with Gasteiger partial charge in [0.2, 0.25) is 0 Å². The van der Waals surface area contributed by atoms with Crippen molar-refractivity contribution in [2.24, 2.45) is 5.92 Å². The van der Waals surface area contributed by atoms with Crippen molar-refractivity contribution in [1.82, 2.24) is 5.32 Å². The average molecular weight is 231 g/mol. The Kier molecular flexibility index (Phi) is 7.49. The topological polar surface area (TPSA) is 21.3 Å². The van der Waals surface area contributed by atoms with Gasteiger partial charge >= 0.3 is 0 Å². The molecular formula is C12H25NOS. The molecule has 0 aromatic heterocycles. The average Bonchev–Trinajstić information content (AvgIpc) is 2.28. The highest BCUT2D eigenvalue weighted by molar-refractivity contribution is 7.99. The number of nitrogens with one attached hydrogen (secondary N) is 1. The maximum atomic E-state index is 5.36. The van der Waals surface area contributed by atoms with Crippen molar-refractivity contribution in [3.63, 3.8) is 0 Å². The number of hydrogen-bond donors (Lipinski definition) is 1. The van der Waals surface area contributed by atoms with Gasteiger partial charge in [0.15, 0.2) is 0 Å². The first-order valence-corrected chi connectivity index (χ1v) is 7.28. The second-order valence-corrected chi connectivity index (χ2v) is 5.79. The quantitative estimate of drug-likeness (QED) is 0.680. The summed E-state index contributed by atoms with van der Waals surface area (Å²) in [5.74, 6) is 2.09. The van der Waals surface area contributed by atoms with E-state index in [1.54, 1.807) is 0 Å². The maximum Gasteiger partial charge on any atom is 0.0476 e. The van der Waals surface area contributed by atoms with E-state index in [1.807, 2.05) is 0 Å². The fourth-order valence-corrected chi connectivity index (χ4v) is 2.97. The third-order valence-corrected chi connectivity index (χ3v) is 4.41. The van der Waals surface area contributed by atoms with Crippen LogP contribution in [0, 0.1) is 5.92 Å². The van der Waals surface area contributed by atoms with Crippen molar-refractivity contribution in [2.45, 2.75) is 38.4 Å². The Morgan fingerprint density at radius 3 is 2.80 bits per heavy atom. The van der Waals surface area contributed by atoms with Crippen LogP contribution in [0.5, 0.6) is 0 Å². The number of rotatable bonds is 7. The van der Waals surface area contributed by atoms with Crippen LogP contribution in [0.15, 0.2) is 0 Å². The van der Waals surface area contributed by atoms with E-state index in [2.05, 4.69) is 30.9 Å². The first-order chi connectivity index (χ1) is 7.33. The Morgan fingerprint density at radius 1 is 1.40 bits per heavy atom. The molecule has 2 nitrogen and oxygen atoms in total. The van der Waals surface area contributed by atoms with Crippen LogP contribution in [0.2, 0.25) is 0 Å². The first kappa shape index (κ1) is 13.3. The lowest BCUT2D eigenvalue weighted by molar-refractivity contribution is 0.1000. The molecule has 0 spiro atoms. The van der Waals surface area contributed by atoms with E-state index in [9.17, 15) is 0 Å². The molecule has 90 valence electrons. The van der Waals surface area contributed by atoms with Gasteiger partial charge in [0, 0.05) is 18.5 Å². The fourth-order valence-electron chi connectivity index (χ4n) is 1.73. The van der Waals surface area contributed by atoms with Gasteiger partial charge in [-0.05, 0) is 44.0 Å². The highest BCUT2D eigenvalue weighted by atomic mass is 32.2. The SMILES string of the molecule is CCCNCC(C)CSC1CCOCC1. The minimum Gasteiger partial charge on any atom is -0.381 e. The minimum atomic E-state index is 0.796. The van der Waals surface area contributed by atoms with Crippen LogP contribution >= 0.6 is 11.8 Å². The summed E-state index contributed by atoms with van der Waals surface area (Å²) in [6.45, 7) is 8.83. The molecule has 1 saturated heterocycles. The van der Waals surface area contributed by atoms with Gasteiger partial charge < -0.3 is 10.1 Å². The predicted octanol–water partition coefficient (Wildman–Crippen LogP) is 2.53. The Bertz CT molecular complexity index is 149. The lowest BCUT2D eigenvalue weighted by Crippen LogP contribution is -2.24. The summed E-state index contributed by atoms with van der Waals surface area (Å²) >= 11 is 2.14. The Hall–Kier alpha value is 0.270. The third-order valence-electron chi connectivity index (χ3n) is 2.70. The van der Waals surface area contributed by atoms with E-state index in [4.69, 9.17) is 4.74 Å². The van der Waals surface area contributed by atoms with Crippen LogP contribution in [0.4, 0.5) is 0 Å². The molecule has 15 heavy (non-hydrogen) atoms. The predicted molar refractivity (Wildman–Crippen MR) is 68.6 cm³/mol. The summed E-state index contributed by atoms with van der Waals surface area (Å²) in [7, 11) is 0. The van der Waals surface area contributed by atoms with Crippen LogP contribution in [0.1, 0.15) is 33.1 Å². The zero-order chi connectivity index (χ0) is 10.9. The lowest BCUT2D eigenvalue weighted by Gasteiger charge is -2.23. The highest BCUT2D eigenvalue weighted by Crippen LogP contribution is 2.23. The molecule has 3 heteroatoms. The van der Waals surface area contributed by atoms with Crippen molar-refractivity contribution in [1.29, 1.82) is 0 Å². The van der Waals surface area contributed by atoms with Gasteiger partial charge in [-0.2, -0.15) is 11.8 Å². The third kappa shape index (κ3) is 6.44. The summed E-state index contributed by atoms with van der Waals surface area (Å²) in [5.41, 5.74) is 0. The highest BCUT2D eigenvalue weighted by Gasteiger charge is 2.14. The van der Waals surface area contributed by atoms with Gasteiger partial charge in [0.05, 0.1) is 0 Å². The molecule has 0 amide bonds. The van der Waals surface area contributed by atoms with Crippen molar-refractivity contribution >= 4 is 11.8 Å². The van der Waals surface area contributed by atoms with Gasteiger partial charge in [-0.25, -0.2) is 0 Å². The summed E-state index contributed by atoms with van der Waals surface area (Å²) in [6, 6.07) is 0. The molecule has 0 aromatic rings. The molecule has 1 N–H and O–H groups in total. The number of thioether (sulfide) groups is 1. The van der Waals surface area contributed by atoms with E-state index >= 15 is 0 Å². The molecule has 0 saturated carbocycles. The Labute approximate surface area is 98.5 Å². The molecule has 1 fully saturated rings. The second kappa shape index (κ2) is 8.43. The van der Waals surface area contributed by atoms with Crippen molar-refractivity contribution in [3.05, 3.63) is 0 Å². The summed E-state index contributed by atoms with van der Waals surface area (Å²) in [5, 5.41) is 4.34. The zero-order valence-corrected chi connectivity index (χ0v) is 10.9. The van der Waals surface area contributed by atoms with Crippen LogP contribution in [-0.4, -0.2) is 37.3 Å². The smallest absolute Gasteiger partial charge is 0.0476 e. The largest absolute Gasteiger partial charge is 0.381 e. The Balaban J connectivity index is 1.97. The standard InChI is InChI=1S/C12H25NOS/c1-3-6-13-9-11(2)10-15-12-4-7-14-8-5-12/h11-13H,3-10H2,1-2H3. The second-order valence-electron chi connectivity index (χ2n) is 4.45. The Morgan fingerprint density at radius 2 is 2.13 bits per heavy atom. The molecule has 0 radical (unpaired) electrons. The molecule has 1 unspecified atom stereocenters. The summed E-state index contributed by atoms with van der Waals surface area (Å²) < 4.78 is 5.36. The minimum absolute atomic E-state index is 0.796. The van der Waals surface area contributed by atoms with E-state index < -0.39 is 0 Å². The fraction of sp³-hybridized carbons (Fsp3) is 1.00. The molecule has 1 heterocycles. The van der Waals surface area contributed by atoms with Gasteiger partial charge in [0.25, 0.3) is 0 Å². The monoisotopic (exact) mass is 231 g/mol. The number of ether oxygens (including phenoxy) is 1. The van der Waals surface area contributed by atoms with E-state index in [0.29, 0.717) is 0 Å². The lowest BCUT2D eigenvalue weighted by atomic mass is 10.2. The number of hydrogen-bond acceptors (Lipinski definition) is 3. The van der Waals surface area contributed by atoms with Crippen molar-refractivity contribution < 1.29 is 4.74 Å². The molecule has 0 aliphatic carbocycles. The van der Waals surface area contributed by atoms with Gasteiger partial charge in [0.1, 0.15) is 0 Å². The van der Waals surface area contributed by atoms with Crippen LogP contribution in [0.3, 0.4) is 0 Å². The molecule has 1 aliphatic heterocycles. The van der Waals surface area contributed by atoms with E-state index in [1.165, 1.54) is 31.6 Å². The summed E-state index contributed by atoms with van der Waals surface area (Å²) in [4.78, 5) is 0. The van der Waals surface area contributed by atoms with E-state index in [0.717, 1.165) is 30.9 Å². The zero-order valence-electron chi connectivity index (χ0n) is 10.1. The molecular weight excluding hydrogens is 206 g/mol. The molecule has 1 rings (SSSR count). The first-order valence-electron chi connectivity index (χ1n) is 6.23. The van der Waals surface area contributed by atoms with E-state index in [-0.39, 0.29) is 0 Å². The summed E-state index contributed by atoms with van der Waals surface area (Å²) in [6.07, 6.45) is 3.74. The van der Waals surface area contributed by atoms with Crippen LogP contribution < -0.4 is 5.32 Å². The normalized spacial score (nSPS) is 20.4. The van der Waals surface area contributed by atoms with Gasteiger partial charge in [-0.15, -0.1) is 0 Å². The van der Waals surface area contributed by atoms with Crippen LogP contribution in [0.25, 0.3) is 0 Å². The van der Waals surface area contributed by atoms with Crippen molar-refractivity contribution in [3.8, 4) is 0 Å². The van der Waals surface area contributed by atoms with Crippen LogP contribution in [-0.2, 0) is 4.74 Å². The van der Waals surface area contributed by atoms with Crippen molar-refractivity contribution in [2.75, 3.05) is 32.1 Å².